The maximum absolute atomic E-state index is 13.4. The minimum atomic E-state index is -0.184. The summed E-state index contributed by atoms with van der Waals surface area (Å²) < 4.78 is 19.6. The summed E-state index contributed by atoms with van der Waals surface area (Å²) >= 11 is 3.32. The van der Waals surface area contributed by atoms with Crippen LogP contribution in [0.5, 0.6) is 0 Å². The zero-order valence-electron chi connectivity index (χ0n) is 10.7. The molecule has 1 fully saturated rings. The molecule has 100 valence electrons. The number of hydrogen-bond donors (Lipinski definition) is 0. The molecule has 18 heavy (non-hydrogen) atoms. The summed E-state index contributed by atoms with van der Waals surface area (Å²) in [5.41, 5.74) is 1.02. The number of rotatable bonds is 4. The van der Waals surface area contributed by atoms with Gasteiger partial charge in [-0.1, -0.05) is 12.1 Å². The van der Waals surface area contributed by atoms with Crippen LogP contribution in [0.4, 0.5) is 4.39 Å². The molecule has 1 aliphatic rings. The molecule has 0 unspecified atom stereocenters. The van der Waals surface area contributed by atoms with E-state index in [0.717, 1.165) is 44.6 Å². The van der Waals surface area contributed by atoms with Gasteiger partial charge in [-0.15, -0.1) is 0 Å². The first-order chi connectivity index (χ1) is 8.70. The van der Waals surface area contributed by atoms with Crippen LogP contribution in [0.15, 0.2) is 22.7 Å². The van der Waals surface area contributed by atoms with Gasteiger partial charge < -0.3 is 4.74 Å². The van der Waals surface area contributed by atoms with Gasteiger partial charge in [-0.3, -0.25) is 4.90 Å². The molecule has 0 amide bonds. The molecule has 1 aromatic rings. The van der Waals surface area contributed by atoms with Crippen LogP contribution < -0.4 is 0 Å². The largest absolute Gasteiger partial charge is 0.378 e. The van der Waals surface area contributed by atoms with Crippen LogP contribution in [0.2, 0.25) is 0 Å². The third-order valence-electron chi connectivity index (χ3n) is 3.36. The SMILES string of the molecule is CCOC1CCN(Cc2cccc(F)c2Br)CC1. The van der Waals surface area contributed by atoms with Crippen LogP contribution in [0.25, 0.3) is 0 Å². The van der Waals surface area contributed by atoms with Crippen molar-refractivity contribution in [2.45, 2.75) is 32.4 Å². The van der Waals surface area contributed by atoms with Crippen molar-refractivity contribution in [3.8, 4) is 0 Å². The van der Waals surface area contributed by atoms with Gasteiger partial charge in [-0.05, 0) is 47.3 Å². The summed E-state index contributed by atoms with van der Waals surface area (Å²) in [6, 6.07) is 5.22. The molecule has 1 aromatic carbocycles. The molecule has 1 saturated heterocycles. The Morgan fingerprint density at radius 2 is 2.11 bits per heavy atom. The van der Waals surface area contributed by atoms with Crippen LogP contribution >= 0.6 is 15.9 Å². The van der Waals surface area contributed by atoms with Crippen LogP contribution in [-0.2, 0) is 11.3 Å². The predicted molar refractivity (Wildman–Crippen MR) is 74.0 cm³/mol. The number of likely N-dealkylation sites (tertiary alicyclic amines) is 1. The molecule has 0 bridgehead atoms. The van der Waals surface area contributed by atoms with Gasteiger partial charge in [0, 0.05) is 26.2 Å². The minimum Gasteiger partial charge on any atom is -0.378 e. The van der Waals surface area contributed by atoms with E-state index in [0.29, 0.717) is 10.6 Å². The number of benzene rings is 1. The Bertz CT molecular complexity index is 391. The van der Waals surface area contributed by atoms with Gasteiger partial charge in [0.15, 0.2) is 0 Å². The van der Waals surface area contributed by atoms with Gasteiger partial charge in [-0.25, -0.2) is 4.39 Å². The number of hydrogen-bond acceptors (Lipinski definition) is 2. The fraction of sp³-hybridized carbons (Fsp3) is 0.571. The molecule has 1 heterocycles. The lowest BCUT2D eigenvalue weighted by Crippen LogP contribution is -2.36. The van der Waals surface area contributed by atoms with Crippen LogP contribution in [0.1, 0.15) is 25.3 Å². The van der Waals surface area contributed by atoms with Crippen molar-refractivity contribution in [1.82, 2.24) is 4.90 Å². The fourth-order valence-electron chi connectivity index (χ4n) is 2.38. The van der Waals surface area contributed by atoms with E-state index in [9.17, 15) is 4.39 Å². The Morgan fingerprint density at radius 3 is 2.78 bits per heavy atom. The molecule has 0 saturated carbocycles. The minimum absolute atomic E-state index is 0.184. The van der Waals surface area contributed by atoms with E-state index < -0.39 is 0 Å². The van der Waals surface area contributed by atoms with Gasteiger partial charge in [-0.2, -0.15) is 0 Å². The number of piperidine rings is 1. The third kappa shape index (κ3) is 3.53. The molecule has 1 aliphatic heterocycles. The summed E-state index contributed by atoms with van der Waals surface area (Å²) in [5.74, 6) is -0.184. The quantitative estimate of drug-likeness (QED) is 0.842. The van der Waals surface area contributed by atoms with Crippen molar-refractivity contribution in [3.63, 3.8) is 0 Å². The monoisotopic (exact) mass is 315 g/mol. The van der Waals surface area contributed by atoms with Crippen LogP contribution in [0, 0.1) is 5.82 Å². The number of nitrogens with zero attached hydrogens (tertiary/aromatic N) is 1. The smallest absolute Gasteiger partial charge is 0.137 e. The first-order valence-electron chi connectivity index (χ1n) is 6.47. The van der Waals surface area contributed by atoms with E-state index >= 15 is 0 Å². The summed E-state index contributed by atoms with van der Waals surface area (Å²) in [7, 11) is 0. The average Bonchev–Trinajstić information content (AvgIpc) is 2.38. The molecule has 0 aromatic heterocycles. The second-order valence-corrected chi connectivity index (χ2v) is 5.44. The highest BCUT2D eigenvalue weighted by Crippen LogP contribution is 2.23. The lowest BCUT2D eigenvalue weighted by molar-refractivity contribution is 0.0124. The molecule has 0 spiro atoms. The molecule has 4 heteroatoms. The van der Waals surface area contributed by atoms with E-state index in [1.165, 1.54) is 6.07 Å². The fourth-order valence-corrected chi connectivity index (χ4v) is 2.77. The maximum atomic E-state index is 13.4. The molecule has 2 nitrogen and oxygen atoms in total. The first kappa shape index (κ1) is 14.0. The van der Waals surface area contributed by atoms with Gasteiger partial charge in [0.05, 0.1) is 10.6 Å². The lowest BCUT2D eigenvalue weighted by atomic mass is 10.1. The molecule has 0 atom stereocenters. The van der Waals surface area contributed by atoms with Crippen molar-refractivity contribution in [2.75, 3.05) is 19.7 Å². The molecule has 0 radical (unpaired) electrons. The number of ether oxygens (including phenoxy) is 1. The summed E-state index contributed by atoms with van der Waals surface area (Å²) in [4.78, 5) is 2.36. The third-order valence-corrected chi connectivity index (χ3v) is 4.25. The highest BCUT2D eigenvalue weighted by atomic mass is 79.9. The Morgan fingerprint density at radius 1 is 1.39 bits per heavy atom. The molecular formula is C14H19BrFNO. The van der Waals surface area contributed by atoms with Gasteiger partial charge in [0.1, 0.15) is 5.82 Å². The lowest BCUT2D eigenvalue weighted by Gasteiger charge is -2.31. The first-order valence-corrected chi connectivity index (χ1v) is 7.27. The van der Waals surface area contributed by atoms with Crippen LogP contribution in [0.3, 0.4) is 0 Å². The van der Waals surface area contributed by atoms with Crippen LogP contribution in [-0.4, -0.2) is 30.7 Å². The van der Waals surface area contributed by atoms with Gasteiger partial charge in [0.25, 0.3) is 0 Å². The summed E-state index contributed by atoms with van der Waals surface area (Å²) in [6.07, 6.45) is 2.55. The Kier molecular flexibility index (Phi) is 5.15. The maximum Gasteiger partial charge on any atom is 0.137 e. The average molecular weight is 316 g/mol. The normalized spacial score (nSPS) is 18.2. The zero-order chi connectivity index (χ0) is 13.0. The van der Waals surface area contributed by atoms with Crippen molar-refractivity contribution in [1.29, 1.82) is 0 Å². The molecule has 0 aliphatic carbocycles. The predicted octanol–water partition coefficient (Wildman–Crippen LogP) is 3.59. The van der Waals surface area contributed by atoms with Gasteiger partial charge in [0.2, 0.25) is 0 Å². The van der Waals surface area contributed by atoms with Crippen molar-refractivity contribution < 1.29 is 9.13 Å². The van der Waals surface area contributed by atoms with Gasteiger partial charge >= 0.3 is 0 Å². The highest BCUT2D eigenvalue weighted by Gasteiger charge is 2.20. The molecular weight excluding hydrogens is 297 g/mol. The van der Waals surface area contributed by atoms with Crippen molar-refractivity contribution in [2.24, 2.45) is 0 Å². The standard InChI is InChI=1S/C14H19BrFNO/c1-2-18-12-6-8-17(9-7-12)10-11-4-3-5-13(16)14(11)15/h3-5,12H,2,6-10H2,1H3. The van der Waals surface area contributed by atoms with E-state index in [1.807, 2.05) is 13.0 Å². The topological polar surface area (TPSA) is 12.5 Å². The Labute approximate surface area is 116 Å². The molecule has 0 N–H and O–H groups in total. The Balaban J connectivity index is 1.90. The zero-order valence-corrected chi connectivity index (χ0v) is 12.2. The Hall–Kier alpha value is -0.450. The second kappa shape index (κ2) is 6.64. The molecule has 2 rings (SSSR count). The van der Waals surface area contributed by atoms with Crippen molar-refractivity contribution in [3.05, 3.63) is 34.1 Å². The number of halogens is 2. The second-order valence-electron chi connectivity index (χ2n) is 4.64. The van der Waals surface area contributed by atoms with Crippen molar-refractivity contribution >= 4 is 15.9 Å². The summed E-state index contributed by atoms with van der Waals surface area (Å²) in [6.45, 7) is 5.68. The van der Waals surface area contributed by atoms with E-state index in [1.54, 1.807) is 6.07 Å². The van der Waals surface area contributed by atoms with E-state index in [4.69, 9.17) is 4.74 Å². The van der Waals surface area contributed by atoms with E-state index in [2.05, 4.69) is 20.8 Å². The summed E-state index contributed by atoms with van der Waals surface area (Å²) in [5, 5.41) is 0. The van der Waals surface area contributed by atoms with E-state index in [-0.39, 0.29) is 5.82 Å². The highest BCUT2D eigenvalue weighted by molar-refractivity contribution is 9.10.